The van der Waals surface area contributed by atoms with Crippen LogP contribution in [0.2, 0.25) is 0 Å². The second-order valence-electron chi connectivity index (χ2n) is 5.33. The zero-order valence-corrected chi connectivity index (χ0v) is 11.5. The maximum Gasteiger partial charge on any atom is 0.325 e. The molecular formula is C13H21N3O3. The van der Waals surface area contributed by atoms with Crippen molar-refractivity contribution in [3.05, 3.63) is 0 Å². The predicted molar refractivity (Wildman–Crippen MR) is 69.3 cm³/mol. The van der Waals surface area contributed by atoms with Crippen LogP contribution in [0.4, 0.5) is 4.79 Å². The van der Waals surface area contributed by atoms with E-state index in [4.69, 9.17) is 0 Å². The minimum atomic E-state index is -0.867. The molecule has 1 heterocycles. The van der Waals surface area contributed by atoms with Gasteiger partial charge in [-0.15, -0.1) is 0 Å². The highest BCUT2D eigenvalue weighted by molar-refractivity contribution is 6.08. The van der Waals surface area contributed by atoms with Crippen LogP contribution in [-0.4, -0.2) is 41.4 Å². The van der Waals surface area contributed by atoms with E-state index in [2.05, 4.69) is 10.6 Å². The molecule has 0 aromatic rings. The van der Waals surface area contributed by atoms with Crippen LogP contribution in [0.25, 0.3) is 0 Å². The van der Waals surface area contributed by atoms with E-state index in [1.165, 1.54) is 4.90 Å². The molecule has 1 aliphatic carbocycles. The number of carbonyl (C=O) groups is 3. The Kier molecular flexibility index (Phi) is 3.78. The average molecular weight is 267 g/mol. The third-order valence-electron chi connectivity index (χ3n) is 4.16. The van der Waals surface area contributed by atoms with Crippen molar-refractivity contribution in [1.82, 2.24) is 15.5 Å². The first kappa shape index (κ1) is 13.8. The summed E-state index contributed by atoms with van der Waals surface area (Å²) in [4.78, 5) is 37.0. The van der Waals surface area contributed by atoms with Crippen LogP contribution in [0.15, 0.2) is 0 Å². The highest BCUT2D eigenvalue weighted by Crippen LogP contribution is 2.29. The van der Waals surface area contributed by atoms with Gasteiger partial charge in [0.2, 0.25) is 5.91 Å². The Morgan fingerprint density at radius 2 is 2.00 bits per heavy atom. The number of nitrogens with zero attached hydrogens (tertiary/aromatic N) is 1. The van der Waals surface area contributed by atoms with Gasteiger partial charge in [-0.05, 0) is 31.6 Å². The molecule has 0 aromatic carbocycles. The van der Waals surface area contributed by atoms with Gasteiger partial charge in [-0.2, -0.15) is 0 Å². The highest BCUT2D eigenvalue weighted by atomic mass is 16.2. The Bertz CT molecular complexity index is 400. The van der Waals surface area contributed by atoms with Crippen molar-refractivity contribution in [3.63, 3.8) is 0 Å². The van der Waals surface area contributed by atoms with E-state index < -0.39 is 11.6 Å². The molecule has 1 saturated carbocycles. The molecule has 6 heteroatoms. The summed E-state index contributed by atoms with van der Waals surface area (Å²) in [5.41, 5.74) is -0.867. The lowest BCUT2D eigenvalue weighted by molar-refractivity contribution is -0.129. The Hall–Kier alpha value is -1.59. The molecule has 4 amide bonds. The SMILES string of the molecule is CCC1(CC)C(=O)NC(=O)N1CC(=O)NCC1CC1. The van der Waals surface area contributed by atoms with E-state index in [1.807, 2.05) is 13.8 Å². The van der Waals surface area contributed by atoms with Crippen LogP contribution in [-0.2, 0) is 9.59 Å². The van der Waals surface area contributed by atoms with Crippen molar-refractivity contribution in [2.75, 3.05) is 13.1 Å². The van der Waals surface area contributed by atoms with Gasteiger partial charge in [0, 0.05) is 6.54 Å². The Morgan fingerprint density at radius 1 is 1.37 bits per heavy atom. The maximum absolute atomic E-state index is 11.9. The Balaban J connectivity index is 2.00. The van der Waals surface area contributed by atoms with E-state index in [1.54, 1.807) is 0 Å². The molecule has 6 nitrogen and oxygen atoms in total. The molecule has 1 aliphatic heterocycles. The first-order valence-electron chi connectivity index (χ1n) is 6.93. The molecule has 0 spiro atoms. The van der Waals surface area contributed by atoms with E-state index in [-0.39, 0.29) is 18.4 Å². The first-order chi connectivity index (χ1) is 9.03. The number of imide groups is 1. The zero-order chi connectivity index (χ0) is 14.0. The standard InChI is InChI=1S/C13H21N3O3/c1-3-13(4-2)11(18)15-12(19)16(13)8-10(17)14-7-9-5-6-9/h9H,3-8H2,1-2H3,(H,14,17)(H,15,18,19). The van der Waals surface area contributed by atoms with Crippen LogP contribution in [0.1, 0.15) is 39.5 Å². The van der Waals surface area contributed by atoms with Gasteiger partial charge in [0.05, 0.1) is 0 Å². The summed E-state index contributed by atoms with van der Waals surface area (Å²) in [7, 11) is 0. The summed E-state index contributed by atoms with van der Waals surface area (Å²) in [5.74, 6) is 0.112. The Labute approximate surface area is 112 Å². The number of hydrogen-bond donors (Lipinski definition) is 2. The van der Waals surface area contributed by atoms with Crippen molar-refractivity contribution < 1.29 is 14.4 Å². The molecule has 0 radical (unpaired) electrons. The second kappa shape index (κ2) is 5.19. The molecule has 0 unspecified atom stereocenters. The molecule has 0 aromatic heterocycles. The van der Waals surface area contributed by atoms with Crippen molar-refractivity contribution in [2.45, 2.75) is 45.1 Å². The quantitative estimate of drug-likeness (QED) is 0.693. The monoisotopic (exact) mass is 267 g/mol. The van der Waals surface area contributed by atoms with Gasteiger partial charge in [-0.1, -0.05) is 13.8 Å². The molecule has 2 fully saturated rings. The van der Waals surface area contributed by atoms with Gasteiger partial charge in [-0.3, -0.25) is 14.9 Å². The van der Waals surface area contributed by atoms with Crippen LogP contribution >= 0.6 is 0 Å². The van der Waals surface area contributed by atoms with Gasteiger partial charge >= 0.3 is 6.03 Å². The highest BCUT2D eigenvalue weighted by Gasteiger charge is 2.50. The fourth-order valence-corrected chi connectivity index (χ4v) is 2.55. The average Bonchev–Trinajstić information content (AvgIpc) is 3.17. The lowest BCUT2D eigenvalue weighted by atomic mass is 9.91. The number of nitrogens with one attached hydrogen (secondary N) is 2. The van der Waals surface area contributed by atoms with Gasteiger partial charge in [0.1, 0.15) is 12.1 Å². The zero-order valence-electron chi connectivity index (χ0n) is 11.5. The fraction of sp³-hybridized carbons (Fsp3) is 0.769. The number of amides is 4. The van der Waals surface area contributed by atoms with Crippen molar-refractivity contribution in [2.24, 2.45) is 5.92 Å². The number of urea groups is 1. The summed E-state index contributed by atoms with van der Waals surface area (Å²) in [6, 6.07) is -0.463. The molecule has 2 rings (SSSR count). The van der Waals surface area contributed by atoms with E-state index in [9.17, 15) is 14.4 Å². The van der Waals surface area contributed by atoms with Crippen LogP contribution in [0.5, 0.6) is 0 Å². The largest absolute Gasteiger partial charge is 0.354 e. The van der Waals surface area contributed by atoms with Gasteiger partial charge in [0.25, 0.3) is 5.91 Å². The third-order valence-corrected chi connectivity index (χ3v) is 4.16. The lowest BCUT2D eigenvalue weighted by Gasteiger charge is -2.32. The molecule has 2 N–H and O–H groups in total. The smallest absolute Gasteiger partial charge is 0.325 e. The molecule has 19 heavy (non-hydrogen) atoms. The van der Waals surface area contributed by atoms with Crippen molar-refractivity contribution in [3.8, 4) is 0 Å². The van der Waals surface area contributed by atoms with Crippen LogP contribution in [0.3, 0.4) is 0 Å². The maximum atomic E-state index is 11.9. The van der Waals surface area contributed by atoms with Crippen molar-refractivity contribution in [1.29, 1.82) is 0 Å². The van der Waals surface area contributed by atoms with E-state index in [0.717, 1.165) is 12.8 Å². The minimum absolute atomic E-state index is 0.0496. The molecule has 0 bridgehead atoms. The van der Waals surface area contributed by atoms with Gasteiger partial charge in [-0.25, -0.2) is 4.79 Å². The fourth-order valence-electron chi connectivity index (χ4n) is 2.55. The summed E-state index contributed by atoms with van der Waals surface area (Å²) >= 11 is 0. The summed E-state index contributed by atoms with van der Waals surface area (Å²) in [6.07, 6.45) is 3.35. The molecule has 1 saturated heterocycles. The normalized spacial score (nSPS) is 21.5. The molecule has 2 aliphatic rings. The van der Waals surface area contributed by atoms with E-state index >= 15 is 0 Å². The number of hydrogen-bond acceptors (Lipinski definition) is 3. The summed E-state index contributed by atoms with van der Waals surface area (Å²) in [5, 5.41) is 5.13. The predicted octanol–water partition coefficient (Wildman–Crippen LogP) is 0.623. The number of rotatable bonds is 6. The summed E-state index contributed by atoms with van der Waals surface area (Å²) in [6.45, 7) is 4.34. The molecular weight excluding hydrogens is 246 g/mol. The Morgan fingerprint density at radius 3 is 2.53 bits per heavy atom. The van der Waals surface area contributed by atoms with Crippen LogP contribution in [0, 0.1) is 5.92 Å². The lowest BCUT2D eigenvalue weighted by Crippen LogP contribution is -2.52. The third kappa shape index (κ3) is 2.57. The van der Waals surface area contributed by atoms with Crippen molar-refractivity contribution >= 4 is 17.8 Å². The minimum Gasteiger partial charge on any atom is -0.354 e. The summed E-state index contributed by atoms with van der Waals surface area (Å²) < 4.78 is 0. The molecule has 0 atom stereocenters. The van der Waals surface area contributed by atoms with Gasteiger partial charge in [0.15, 0.2) is 0 Å². The number of carbonyl (C=O) groups excluding carboxylic acids is 3. The first-order valence-corrected chi connectivity index (χ1v) is 6.93. The van der Waals surface area contributed by atoms with Crippen LogP contribution < -0.4 is 10.6 Å². The topological polar surface area (TPSA) is 78.5 Å². The molecule has 106 valence electrons. The second-order valence-corrected chi connectivity index (χ2v) is 5.33. The van der Waals surface area contributed by atoms with Gasteiger partial charge < -0.3 is 10.2 Å². The van der Waals surface area contributed by atoms with E-state index in [0.29, 0.717) is 25.3 Å².